The van der Waals surface area contributed by atoms with E-state index in [0.717, 1.165) is 25.4 Å². The van der Waals surface area contributed by atoms with E-state index in [4.69, 9.17) is 0 Å². The summed E-state index contributed by atoms with van der Waals surface area (Å²) >= 11 is 0. The fourth-order valence-corrected chi connectivity index (χ4v) is 2.91. The van der Waals surface area contributed by atoms with Crippen molar-refractivity contribution in [2.24, 2.45) is 11.8 Å². The van der Waals surface area contributed by atoms with Crippen LogP contribution >= 0.6 is 0 Å². The number of hydrogen-bond acceptors (Lipinski definition) is 2. The predicted octanol–water partition coefficient (Wildman–Crippen LogP) is 0.678. The zero-order valence-electron chi connectivity index (χ0n) is 7.36. The Balaban J connectivity index is 1.97. The molecular formula is C8H15NO2S. The Morgan fingerprint density at radius 2 is 1.83 bits per heavy atom. The van der Waals surface area contributed by atoms with E-state index in [0.29, 0.717) is 5.92 Å². The second kappa shape index (κ2) is 2.70. The van der Waals surface area contributed by atoms with Crippen molar-refractivity contribution in [3.05, 3.63) is 0 Å². The van der Waals surface area contributed by atoms with Gasteiger partial charge in [0.1, 0.15) is 0 Å². The van der Waals surface area contributed by atoms with Gasteiger partial charge in [-0.2, -0.15) is 0 Å². The maximum Gasteiger partial charge on any atom is 0.211 e. The highest BCUT2D eigenvalue weighted by Gasteiger charge is 2.38. The largest absolute Gasteiger partial charge is 0.213 e. The van der Waals surface area contributed by atoms with E-state index in [1.54, 1.807) is 4.31 Å². The lowest BCUT2D eigenvalue weighted by atomic mass is 10.0. The molecule has 0 bridgehead atoms. The van der Waals surface area contributed by atoms with Crippen LogP contribution in [0.2, 0.25) is 0 Å². The molecule has 70 valence electrons. The molecule has 0 aromatic carbocycles. The molecule has 1 aliphatic heterocycles. The minimum absolute atomic E-state index is 0.666. The molecule has 0 radical (unpaired) electrons. The second-order valence-corrected chi connectivity index (χ2v) is 5.99. The van der Waals surface area contributed by atoms with Crippen LogP contribution < -0.4 is 0 Å². The Morgan fingerprint density at radius 1 is 1.17 bits per heavy atom. The summed E-state index contributed by atoms with van der Waals surface area (Å²) in [5.41, 5.74) is 0. The molecule has 0 aromatic rings. The van der Waals surface area contributed by atoms with Gasteiger partial charge in [-0.1, -0.05) is 0 Å². The van der Waals surface area contributed by atoms with Crippen LogP contribution in [-0.2, 0) is 10.0 Å². The second-order valence-electron chi connectivity index (χ2n) is 4.01. The highest BCUT2D eigenvalue weighted by Crippen LogP contribution is 2.41. The van der Waals surface area contributed by atoms with Gasteiger partial charge in [-0.3, -0.25) is 0 Å². The molecule has 1 aliphatic carbocycles. The molecule has 2 fully saturated rings. The summed E-state index contributed by atoms with van der Waals surface area (Å²) in [7, 11) is -2.91. The van der Waals surface area contributed by atoms with E-state index in [1.165, 1.54) is 19.1 Å². The van der Waals surface area contributed by atoms with E-state index >= 15 is 0 Å². The summed E-state index contributed by atoms with van der Waals surface area (Å²) < 4.78 is 23.9. The highest BCUT2D eigenvalue weighted by atomic mass is 32.2. The first kappa shape index (κ1) is 8.51. The summed E-state index contributed by atoms with van der Waals surface area (Å²) in [4.78, 5) is 0. The van der Waals surface area contributed by atoms with Gasteiger partial charge in [0.2, 0.25) is 10.0 Å². The molecule has 3 nitrogen and oxygen atoms in total. The topological polar surface area (TPSA) is 37.4 Å². The molecule has 1 heterocycles. The van der Waals surface area contributed by atoms with E-state index in [-0.39, 0.29) is 0 Å². The van der Waals surface area contributed by atoms with E-state index in [2.05, 4.69) is 0 Å². The average molecular weight is 189 g/mol. The van der Waals surface area contributed by atoms with Crippen LogP contribution in [0.5, 0.6) is 0 Å². The Kier molecular flexibility index (Phi) is 1.92. The first-order valence-corrected chi connectivity index (χ1v) is 6.37. The van der Waals surface area contributed by atoms with Gasteiger partial charge < -0.3 is 0 Å². The lowest BCUT2D eigenvalue weighted by Crippen LogP contribution is -2.27. The molecule has 1 atom stereocenters. The lowest BCUT2D eigenvalue weighted by molar-refractivity contribution is 0.440. The van der Waals surface area contributed by atoms with Gasteiger partial charge in [0.25, 0.3) is 0 Å². The van der Waals surface area contributed by atoms with Crippen LogP contribution in [0.3, 0.4) is 0 Å². The monoisotopic (exact) mass is 189 g/mol. The third-order valence-corrected chi connectivity index (χ3v) is 4.21. The SMILES string of the molecule is CS(=O)(=O)N1CC[C@H](C2CC2)C1. The van der Waals surface area contributed by atoms with Crippen molar-refractivity contribution in [2.45, 2.75) is 19.3 Å². The third-order valence-electron chi connectivity index (χ3n) is 2.95. The highest BCUT2D eigenvalue weighted by molar-refractivity contribution is 7.88. The zero-order chi connectivity index (χ0) is 8.77. The average Bonchev–Trinajstić information content (AvgIpc) is 2.66. The molecule has 0 N–H and O–H groups in total. The zero-order valence-corrected chi connectivity index (χ0v) is 8.18. The standard InChI is InChI=1S/C8H15NO2S/c1-12(10,11)9-5-4-8(6-9)7-2-3-7/h7-8H,2-6H2,1H3/t8-/m0/s1. The van der Waals surface area contributed by atoms with Crippen molar-refractivity contribution in [3.8, 4) is 0 Å². The number of sulfonamides is 1. The van der Waals surface area contributed by atoms with Crippen LogP contribution in [0.4, 0.5) is 0 Å². The van der Waals surface area contributed by atoms with Crippen LogP contribution in [-0.4, -0.2) is 32.1 Å². The van der Waals surface area contributed by atoms with Gasteiger partial charge in [0.15, 0.2) is 0 Å². The summed E-state index contributed by atoms with van der Waals surface area (Å²) in [6.45, 7) is 1.53. The van der Waals surface area contributed by atoms with Gasteiger partial charge in [0.05, 0.1) is 6.26 Å². The molecular weight excluding hydrogens is 174 g/mol. The summed E-state index contributed by atoms with van der Waals surface area (Å²) in [5, 5.41) is 0. The van der Waals surface area contributed by atoms with Crippen molar-refractivity contribution in [1.82, 2.24) is 4.31 Å². The molecule has 2 rings (SSSR count). The van der Waals surface area contributed by atoms with E-state index < -0.39 is 10.0 Å². The van der Waals surface area contributed by atoms with Crippen LogP contribution in [0, 0.1) is 11.8 Å². The molecule has 2 aliphatic rings. The maximum atomic E-state index is 11.1. The molecule has 12 heavy (non-hydrogen) atoms. The molecule has 0 spiro atoms. The number of rotatable bonds is 2. The minimum Gasteiger partial charge on any atom is -0.213 e. The van der Waals surface area contributed by atoms with Gasteiger partial charge in [-0.25, -0.2) is 12.7 Å². The Hall–Kier alpha value is -0.0900. The number of hydrogen-bond donors (Lipinski definition) is 0. The predicted molar refractivity (Wildman–Crippen MR) is 47.2 cm³/mol. The Bertz CT molecular complexity index is 269. The van der Waals surface area contributed by atoms with Gasteiger partial charge in [-0.05, 0) is 31.1 Å². The van der Waals surface area contributed by atoms with Crippen molar-refractivity contribution < 1.29 is 8.42 Å². The number of nitrogens with zero attached hydrogens (tertiary/aromatic N) is 1. The smallest absolute Gasteiger partial charge is 0.211 e. The molecule has 1 saturated carbocycles. The summed E-state index contributed by atoms with van der Waals surface area (Å²) in [6, 6.07) is 0. The minimum atomic E-state index is -2.91. The lowest BCUT2D eigenvalue weighted by Gasteiger charge is -2.12. The maximum absolute atomic E-state index is 11.1. The summed E-state index contributed by atoms with van der Waals surface area (Å²) in [6.07, 6.45) is 5.03. The molecule has 0 amide bonds. The van der Waals surface area contributed by atoms with Gasteiger partial charge in [0, 0.05) is 13.1 Å². The van der Waals surface area contributed by atoms with Gasteiger partial charge >= 0.3 is 0 Å². The first-order chi connectivity index (χ1) is 5.57. The summed E-state index contributed by atoms with van der Waals surface area (Å²) in [5.74, 6) is 1.51. The van der Waals surface area contributed by atoms with E-state index in [9.17, 15) is 8.42 Å². The fourth-order valence-electron chi connectivity index (χ4n) is 2.01. The molecule has 4 heteroatoms. The van der Waals surface area contributed by atoms with Crippen molar-refractivity contribution in [1.29, 1.82) is 0 Å². The normalized spacial score (nSPS) is 32.6. The fraction of sp³-hybridized carbons (Fsp3) is 1.00. The van der Waals surface area contributed by atoms with Crippen molar-refractivity contribution in [2.75, 3.05) is 19.3 Å². The van der Waals surface area contributed by atoms with Crippen molar-refractivity contribution in [3.63, 3.8) is 0 Å². The molecule has 1 saturated heterocycles. The Morgan fingerprint density at radius 3 is 2.25 bits per heavy atom. The quantitative estimate of drug-likeness (QED) is 0.640. The van der Waals surface area contributed by atoms with Crippen LogP contribution in [0.1, 0.15) is 19.3 Å². The van der Waals surface area contributed by atoms with Crippen LogP contribution in [0.25, 0.3) is 0 Å². The first-order valence-electron chi connectivity index (χ1n) is 4.52. The van der Waals surface area contributed by atoms with Crippen LogP contribution in [0.15, 0.2) is 0 Å². The Labute approximate surface area is 73.8 Å². The third kappa shape index (κ3) is 1.64. The van der Waals surface area contributed by atoms with E-state index in [1.807, 2.05) is 0 Å². The van der Waals surface area contributed by atoms with Crippen molar-refractivity contribution >= 4 is 10.0 Å². The molecule has 0 unspecified atom stereocenters. The molecule has 0 aromatic heterocycles. The van der Waals surface area contributed by atoms with Gasteiger partial charge in [-0.15, -0.1) is 0 Å².